The van der Waals surface area contributed by atoms with E-state index >= 15 is 0 Å². The number of para-hydroxylation sites is 2. The van der Waals surface area contributed by atoms with Gasteiger partial charge in [-0.1, -0.05) is 12.1 Å². The minimum absolute atomic E-state index is 0.595. The maximum atomic E-state index is 9.96. The fraction of sp³-hybridized carbons (Fsp3) is 0.316. The van der Waals surface area contributed by atoms with Crippen LogP contribution < -0.4 is 9.47 Å². The Hall–Kier alpha value is -2.53. The van der Waals surface area contributed by atoms with Crippen LogP contribution in [0.25, 0.3) is 11.0 Å². The molecule has 0 saturated heterocycles. The van der Waals surface area contributed by atoms with Crippen LogP contribution in [-0.4, -0.2) is 28.4 Å². The van der Waals surface area contributed by atoms with E-state index in [0.717, 1.165) is 35.5 Å². The minimum atomic E-state index is -0.597. The third-order valence-electron chi connectivity index (χ3n) is 3.91. The zero-order valence-corrected chi connectivity index (χ0v) is 14.0. The molecule has 1 heterocycles. The molecule has 0 aliphatic heterocycles. The van der Waals surface area contributed by atoms with Crippen LogP contribution in [0.5, 0.6) is 11.5 Å². The first kappa shape index (κ1) is 16.3. The summed E-state index contributed by atoms with van der Waals surface area (Å²) >= 11 is 0. The van der Waals surface area contributed by atoms with Crippen molar-refractivity contribution in [2.24, 2.45) is 0 Å². The van der Waals surface area contributed by atoms with Crippen molar-refractivity contribution in [2.75, 3.05) is 13.7 Å². The maximum absolute atomic E-state index is 9.96. The van der Waals surface area contributed by atoms with E-state index in [2.05, 4.69) is 9.55 Å². The molecule has 0 bridgehead atoms. The summed E-state index contributed by atoms with van der Waals surface area (Å²) in [7, 11) is 1.64. The molecule has 0 unspecified atom stereocenters. The van der Waals surface area contributed by atoms with E-state index in [4.69, 9.17) is 9.47 Å². The van der Waals surface area contributed by atoms with Crippen LogP contribution in [0.4, 0.5) is 0 Å². The number of ether oxygens (including phenoxy) is 2. The van der Waals surface area contributed by atoms with Gasteiger partial charge in [-0.05, 0) is 49.7 Å². The molecule has 0 aliphatic rings. The molecule has 0 amide bonds. The molecule has 0 aliphatic carbocycles. The number of hydrogen-bond acceptors (Lipinski definition) is 4. The molecule has 5 nitrogen and oxygen atoms in total. The van der Waals surface area contributed by atoms with Crippen molar-refractivity contribution in [1.82, 2.24) is 9.55 Å². The molecular weight excluding hydrogens is 304 g/mol. The number of rotatable bonds is 7. The Morgan fingerprint density at radius 2 is 1.79 bits per heavy atom. The van der Waals surface area contributed by atoms with Gasteiger partial charge in [0.2, 0.25) is 0 Å². The van der Waals surface area contributed by atoms with Gasteiger partial charge in [0.25, 0.3) is 0 Å². The summed E-state index contributed by atoms with van der Waals surface area (Å²) in [6.07, 6.45) is 0.228. The second kappa shape index (κ2) is 7.36. The van der Waals surface area contributed by atoms with Gasteiger partial charge in [-0.25, -0.2) is 4.98 Å². The van der Waals surface area contributed by atoms with Gasteiger partial charge < -0.3 is 19.1 Å². The van der Waals surface area contributed by atoms with E-state index in [9.17, 15) is 5.11 Å². The molecule has 3 rings (SSSR count). The Balaban J connectivity index is 1.63. The normalized spacial score (nSPS) is 12.3. The number of aryl methyl sites for hydroxylation is 1. The zero-order valence-electron chi connectivity index (χ0n) is 14.0. The topological polar surface area (TPSA) is 56.5 Å². The number of benzene rings is 2. The van der Waals surface area contributed by atoms with Crippen molar-refractivity contribution in [2.45, 2.75) is 26.0 Å². The highest BCUT2D eigenvalue weighted by Crippen LogP contribution is 2.21. The largest absolute Gasteiger partial charge is 0.497 e. The lowest BCUT2D eigenvalue weighted by atomic mass is 10.3. The summed E-state index contributed by atoms with van der Waals surface area (Å²) in [6, 6.07) is 15.5. The van der Waals surface area contributed by atoms with Crippen molar-refractivity contribution in [1.29, 1.82) is 0 Å². The molecule has 5 heteroatoms. The molecule has 0 radical (unpaired) electrons. The predicted molar refractivity (Wildman–Crippen MR) is 93.5 cm³/mol. The first-order chi connectivity index (χ1) is 11.7. The Kier molecular flexibility index (Phi) is 5.01. The van der Waals surface area contributed by atoms with Gasteiger partial charge in [0.05, 0.1) is 24.8 Å². The molecular formula is C19H22N2O3. The smallest absolute Gasteiger partial charge is 0.138 e. The molecule has 126 valence electrons. The number of hydrogen-bond donors (Lipinski definition) is 1. The number of aliphatic hydroxyl groups is 1. The Labute approximate surface area is 141 Å². The van der Waals surface area contributed by atoms with E-state index < -0.39 is 6.10 Å². The van der Waals surface area contributed by atoms with Gasteiger partial charge in [-0.15, -0.1) is 0 Å². The second-order valence-corrected chi connectivity index (χ2v) is 5.66. The Bertz CT molecular complexity index is 794. The number of aromatic nitrogens is 2. The van der Waals surface area contributed by atoms with Crippen LogP contribution in [0.3, 0.4) is 0 Å². The van der Waals surface area contributed by atoms with Gasteiger partial charge in [0, 0.05) is 6.54 Å². The molecule has 1 aromatic heterocycles. The summed E-state index contributed by atoms with van der Waals surface area (Å²) < 4.78 is 13.0. The number of aliphatic hydroxyl groups excluding tert-OH is 1. The van der Waals surface area contributed by atoms with E-state index in [1.165, 1.54) is 0 Å². The standard InChI is InChI=1S/C19H22N2O3/c1-14(22)19-20-17-6-3-4-7-18(17)21(19)12-5-13-24-16-10-8-15(23-2)9-11-16/h3-4,6-11,14,22H,5,12-13H2,1-2H3/t14-/m0/s1. The van der Waals surface area contributed by atoms with Crippen molar-refractivity contribution in [3.8, 4) is 11.5 Å². The monoisotopic (exact) mass is 326 g/mol. The SMILES string of the molecule is COc1ccc(OCCCn2c([C@H](C)O)nc3ccccc32)cc1. The summed E-state index contributed by atoms with van der Waals surface area (Å²) in [5.74, 6) is 2.33. The summed E-state index contributed by atoms with van der Waals surface area (Å²) in [4.78, 5) is 4.53. The van der Waals surface area contributed by atoms with Crippen LogP contribution in [0.1, 0.15) is 25.3 Å². The number of fused-ring (bicyclic) bond motifs is 1. The Morgan fingerprint density at radius 3 is 2.50 bits per heavy atom. The fourth-order valence-electron chi connectivity index (χ4n) is 2.73. The van der Waals surface area contributed by atoms with Crippen LogP contribution >= 0.6 is 0 Å². The van der Waals surface area contributed by atoms with Crippen LogP contribution in [0, 0.1) is 0 Å². The third-order valence-corrected chi connectivity index (χ3v) is 3.91. The van der Waals surface area contributed by atoms with Gasteiger partial charge in [0.1, 0.15) is 23.4 Å². The van der Waals surface area contributed by atoms with Gasteiger partial charge >= 0.3 is 0 Å². The molecule has 0 spiro atoms. The Morgan fingerprint density at radius 1 is 1.08 bits per heavy atom. The van der Waals surface area contributed by atoms with E-state index in [1.54, 1.807) is 14.0 Å². The molecule has 2 aromatic carbocycles. The first-order valence-corrected chi connectivity index (χ1v) is 8.09. The van der Waals surface area contributed by atoms with Crippen molar-refractivity contribution < 1.29 is 14.6 Å². The molecule has 3 aromatic rings. The lowest BCUT2D eigenvalue weighted by Gasteiger charge is -2.12. The number of nitrogens with zero attached hydrogens (tertiary/aromatic N) is 2. The van der Waals surface area contributed by atoms with Crippen molar-refractivity contribution in [3.05, 3.63) is 54.4 Å². The highest BCUT2D eigenvalue weighted by atomic mass is 16.5. The third kappa shape index (κ3) is 3.51. The highest BCUT2D eigenvalue weighted by molar-refractivity contribution is 5.75. The highest BCUT2D eigenvalue weighted by Gasteiger charge is 2.14. The molecule has 1 N–H and O–H groups in total. The van der Waals surface area contributed by atoms with Crippen LogP contribution in [-0.2, 0) is 6.54 Å². The summed E-state index contributed by atoms with van der Waals surface area (Å²) in [5, 5.41) is 9.96. The lowest BCUT2D eigenvalue weighted by molar-refractivity contribution is 0.183. The van der Waals surface area contributed by atoms with E-state index in [-0.39, 0.29) is 0 Å². The van der Waals surface area contributed by atoms with Gasteiger partial charge in [0.15, 0.2) is 0 Å². The predicted octanol–water partition coefficient (Wildman–Crippen LogP) is 3.57. The molecule has 0 fully saturated rings. The van der Waals surface area contributed by atoms with Crippen LogP contribution in [0.15, 0.2) is 48.5 Å². The van der Waals surface area contributed by atoms with Gasteiger partial charge in [-0.3, -0.25) is 0 Å². The minimum Gasteiger partial charge on any atom is -0.497 e. The van der Waals surface area contributed by atoms with E-state index in [1.807, 2.05) is 48.5 Å². The number of imidazole rings is 1. The quantitative estimate of drug-likeness (QED) is 0.674. The second-order valence-electron chi connectivity index (χ2n) is 5.66. The average molecular weight is 326 g/mol. The summed E-state index contributed by atoms with van der Waals surface area (Å²) in [5.41, 5.74) is 1.95. The fourth-order valence-corrected chi connectivity index (χ4v) is 2.73. The zero-order chi connectivity index (χ0) is 16.9. The number of methoxy groups -OCH3 is 1. The average Bonchev–Trinajstić information content (AvgIpc) is 2.98. The van der Waals surface area contributed by atoms with Crippen molar-refractivity contribution in [3.63, 3.8) is 0 Å². The maximum Gasteiger partial charge on any atom is 0.138 e. The molecule has 1 atom stereocenters. The van der Waals surface area contributed by atoms with Crippen LogP contribution in [0.2, 0.25) is 0 Å². The first-order valence-electron chi connectivity index (χ1n) is 8.09. The van der Waals surface area contributed by atoms with Crippen molar-refractivity contribution >= 4 is 11.0 Å². The van der Waals surface area contributed by atoms with Gasteiger partial charge in [-0.2, -0.15) is 0 Å². The molecule has 0 saturated carbocycles. The molecule has 24 heavy (non-hydrogen) atoms. The van der Waals surface area contributed by atoms with E-state index in [0.29, 0.717) is 12.4 Å². The summed E-state index contributed by atoms with van der Waals surface area (Å²) in [6.45, 7) is 3.08. The lowest BCUT2D eigenvalue weighted by Crippen LogP contribution is -2.09.